The summed E-state index contributed by atoms with van der Waals surface area (Å²) in [5.41, 5.74) is 0.845. The molecule has 1 aliphatic heterocycles. The lowest BCUT2D eigenvalue weighted by molar-refractivity contribution is 0.0600. The minimum Gasteiger partial charge on any atom is -0.465 e. The smallest absolute Gasteiger partial charge is 0.337 e. The van der Waals surface area contributed by atoms with E-state index in [9.17, 15) is 9.59 Å². The van der Waals surface area contributed by atoms with Gasteiger partial charge in [0, 0.05) is 19.2 Å². The number of hydrogen-bond acceptors (Lipinski definition) is 6. The molecule has 7 nitrogen and oxygen atoms in total. The molecule has 0 atom stereocenters. The maximum Gasteiger partial charge on any atom is 0.337 e. The fraction of sp³-hybridized carbons (Fsp3) is 0.368. The van der Waals surface area contributed by atoms with Gasteiger partial charge in [-0.15, -0.1) is 0 Å². The summed E-state index contributed by atoms with van der Waals surface area (Å²) < 4.78 is 4.69. The van der Waals surface area contributed by atoms with Gasteiger partial charge in [0.15, 0.2) is 0 Å². The molecule has 3 rings (SSSR count). The summed E-state index contributed by atoms with van der Waals surface area (Å²) >= 11 is 6.13. The predicted octanol–water partition coefficient (Wildman–Crippen LogP) is 3.41. The molecule has 142 valence electrons. The van der Waals surface area contributed by atoms with Crippen molar-refractivity contribution in [3.05, 3.63) is 46.9 Å². The zero-order valence-electron chi connectivity index (χ0n) is 15.2. The number of carbonyl (C=O) groups excluding carboxylic acids is 2. The summed E-state index contributed by atoms with van der Waals surface area (Å²) in [7, 11) is 1.29. The Labute approximate surface area is 162 Å². The van der Waals surface area contributed by atoms with Crippen LogP contribution in [0.4, 0.5) is 11.5 Å². The molecule has 1 N–H and O–H groups in total. The minimum atomic E-state index is -0.509. The number of anilines is 2. The van der Waals surface area contributed by atoms with Gasteiger partial charge in [0.1, 0.15) is 17.8 Å². The highest BCUT2D eigenvalue weighted by Crippen LogP contribution is 2.25. The maximum absolute atomic E-state index is 12.6. The number of nitrogens with zero attached hydrogens (tertiary/aromatic N) is 3. The van der Waals surface area contributed by atoms with Gasteiger partial charge in [0.2, 0.25) is 0 Å². The molecule has 0 unspecified atom stereocenters. The highest BCUT2D eigenvalue weighted by Gasteiger charge is 2.19. The van der Waals surface area contributed by atoms with E-state index in [2.05, 4.69) is 27.1 Å². The molecule has 2 heterocycles. The van der Waals surface area contributed by atoms with Crippen molar-refractivity contribution in [2.45, 2.75) is 19.8 Å². The van der Waals surface area contributed by atoms with Crippen LogP contribution in [0, 0.1) is 5.92 Å². The fourth-order valence-corrected chi connectivity index (χ4v) is 3.10. The lowest BCUT2D eigenvalue weighted by Crippen LogP contribution is -2.33. The van der Waals surface area contributed by atoms with E-state index < -0.39 is 11.9 Å². The number of halogens is 1. The first-order chi connectivity index (χ1) is 13.0. The Morgan fingerprint density at radius 1 is 1.22 bits per heavy atom. The summed E-state index contributed by atoms with van der Waals surface area (Å²) in [4.78, 5) is 34.8. The van der Waals surface area contributed by atoms with Crippen molar-refractivity contribution in [1.82, 2.24) is 9.97 Å². The van der Waals surface area contributed by atoms with Gasteiger partial charge < -0.3 is 15.0 Å². The van der Waals surface area contributed by atoms with E-state index in [0.717, 1.165) is 31.7 Å². The Bertz CT molecular complexity index is 851. The lowest BCUT2D eigenvalue weighted by atomic mass is 9.99. The second-order valence-corrected chi connectivity index (χ2v) is 6.98. The Morgan fingerprint density at radius 2 is 1.96 bits per heavy atom. The summed E-state index contributed by atoms with van der Waals surface area (Å²) in [6, 6.07) is 6.21. The summed E-state index contributed by atoms with van der Waals surface area (Å²) in [6.07, 6.45) is 3.58. The largest absolute Gasteiger partial charge is 0.465 e. The van der Waals surface area contributed by atoms with Crippen LogP contribution in [-0.4, -0.2) is 42.0 Å². The first-order valence-corrected chi connectivity index (χ1v) is 9.12. The van der Waals surface area contributed by atoms with Crippen LogP contribution in [0.1, 0.15) is 40.6 Å². The number of nitrogens with one attached hydrogen (secondary N) is 1. The van der Waals surface area contributed by atoms with Crippen LogP contribution in [0.25, 0.3) is 0 Å². The molecule has 0 spiro atoms. The molecule has 0 bridgehead atoms. The van der Waals surface area contributed by atoms with Gasteiger partial charge in [0.25, 0.3) is 5.91 Å². The van der Waals surface area contributed by atoms with Crippen molar-refractivity contribution in [2.24, 2.45) is 5.92 Å². The molecule has 1 aliphatic rings. The van der Waals surface area contributed by atoms with Crippen molar-refractivity contribution < 1.29 is 14.3 Å². The van der Waals surface area contributed by atoms with Crippen molar-refractivity contribution >= 4 is 35.0 Å². The summed E-state index contributed by atoms with van der Waals surface area (Å²) in [6.45, 7) is 4.06. The van der Waals surface area contributed by atoms with Crippen molar-refractivity contribution in [2.75, 3.05) is 30.4 Å². The fourth-order valence-electron chi connectivity index (χ4n) is 2.93. The van der Waals surface area contributed by atoms with E-state index in [1.165, 1.54) is 31.6 Å². The van der Waals surface area contributed by atoms with Gasteiger partial charge >= 0.3 is 5.97 Å². The maximum atomic E-state index is 12.6. The highest BCUT2D eigenvalue weighted by atomic mass is 35.5. The second kappa shape index (κ2) is 8.35. The molecular formula is C19H21ClN4O3. The number of carbonyl (C=O) groups is 2. The highest BCUT2D eigenvalue weighted by molar-refractivity contribution is 6.34. The third-order valence-electron chi connectivity index (χ3n) is 4.63. The number of piperidine rings is 1. The number of esters is 1. The van der Waals surface area contributed by atoms with Crippen LogP contribution >= 0.6 is 11.6 Å². The first-order valence-electron chi connectivity index (χ1n) is 8.74. The van der Waals surface area contributed by atoms with Crippen LogP contribution in [0.15, 0.2) is 30.6 Å². The molecule has 1 fully saturated rings. The van der Waals surface area contributed by atoms with E-state index in [-0.39, 0.29) is 5.69 Å². The van der Waals surface area contributed by atoms with Crippen LogP contribution < -0.4 is 10.2 Å². The standard InChI is InChI=1S/C19H21ClN4O3/c1-12-5-7-24(8-6-12)17-10-16(21-11-22-17)18(25)23-15-9-13(19(26)27-2)3-4-14(15)20/h3-4,9-12H,5-8H2,1-2H3,(H,23,25). The normalized spacial score (nSPS) is 14.7. The van der Waals surface area contributed by atoms with Crippen LogP contribution in [0.3, 0.4) is 0 Å². The number of methoxy groups -OCH3 is 1. The van der Waals surface area contributed by atoms with Gasteiger partial charge in [-0.05, 0) is 37.0 Å². The third-order valence-corrected chi connectivity index (χ3v) is 4.96. The van der Waals surface area contributed by atoms with Gasteiger partial charge in [-0.2, -0.15) is 0 Å². The Hall–Kier alpha value is -2.67. The first kappa shape index (κ1) is 19.1. The number of ether oxygens (including phenoxy) is 1. The van der Waals surface area contributed by atoms with E-state index in [0.29, 0.717) is 22.2 Å². The Balaban J connectivity index is 1.77. The molecule has 1 saturated heterocycles. The molecule has 1 amide bonds. The quantitative estimate of drug-likeness (QED) is 0.808. The van der Waals surface area contributed by atoms with Crippen molar-refractivity contribution in [3.8, 4) is 0 Å². The van der Waals surface area contributed by atoms with E-state index >= 15 is 0 Å². The molecule has 2 aromatic rings. The average molecular weight is 389 g/mol. The topological polar surface area (TPSA) is 84.4 Å². The van der Waals surface area contributed by atoms with Crippen LogP contribution in [0.2, 0.25) is 5.02 Å². The molecule has 0 aliphatic carbocycles. The third kappa shape index (κ3) is 4.54. The number of hydrogen-bond donors (Lipinski definition) is 1. The van der Waals surface area contributed by atoms with E-state index in [1.807, 2.05) is 0 Å². The van der Waals surface area contributed by atoms with Gasteiger partial charge in [-0.3, -0.25) is 4.79 Å². The molecule has 1 aromatic carbocycles. The number of amides is 1. The lowest BCUT2D eigenvalue weighted by Gasteiger charge is -2.31. The molecular weight excluding hydrogens is 368 g/mol. The number of benzene rings is 1. The molecule has 8 heteroatoms. The Morgan fingerprint density at radius 3 is 2.67 bits per heavy atom. The van der Waals surface area contributed by atoms with E-state index in [1.54, 1.807) is 6.07 Å². The molecule has 1 aromatic heterocycles. The monoisotopic (exact) mass is 388 g/mol. The number of rotatable bonds is 4. The van der Waals surface area contributed by atoms with Crippen molar-refractivity contribution in [3.63, 3.8) is 0 Å². The van der Waals surface area contributed by atoms with Crippen LogP contribution in [0.5, 0.6) is 0 Å². The average Bonchev–Trinajstić information content (AvgIpc) is 2.69. The van der Waals surface area contributed by atoms with Gasteiger partial charge in [-0.25, -0.2) is 14.8 Å². The molecule has 27 heavy (non-hydrogen) atoms. The molecule has 0 saturated carbocycles. The predicted molar refractivity (Wildman–Crippen MR) is 103 cm³/mol. The van der Waals surface area contributed by atoms with Gasteiger partial charge in [-0.1, -0.05) is 18.5 Å². The minimum absolute atomic E-state index is 0.234. The van der Waals surface area contributed by atoms with Gasteiger partial charge in [0.05, 0.1) is 23.4 Å². The zero-order valence-corrected chi connectivity index (χ0v) is 16.0. The SMILES string of the molecule is COC(=O)c1ccc(Cl)c(NC(=O)c2cc(N3CCC(C)CC3)ncn2)c1. The summed E-state index contributed by atoms with van der Waals surface area (Å²) in [5, 5.41) is 3.01. The van der Waals surface area contributed by atoms with Crippen LogP contribution in [-0.2, 0) is 4.74 Å². The number of aromatic nitrogens is 2. The summed E-state index contributed by atoms with van der Waals surface area (Å²) in [5.74, 6) is 0.505. The second-order valence-electron chi connectivity index (χ2n) is 6.57. The van der Waals surface area contributed by atoms with Crippen molar-refractivity contribution in [1.29, 1.82) is 0 Å². The zero-order chi connectivity index (χ0) is 19.4. The van der Waals surface area contributed by atoms with E-state index in [4.69, 9.17) is 16.3 Å². The molecule has 0 radical (unpaired) electrons. The Kier molecular flexibility index (Phi) is 5.91.